The monoisotopic (exact) mass is 447 g/mol. The Morgan fingerprint density at radius 2 is 2.14 bits per heavy atom. The summed E-state index contributed by atoms with van der Waals surface area (Å²) in [6.07, 6.45) is 5.76. The van der Waals surface area contributed by atoms with Crippen LogP contribution in [0.15, 0.2) is 32.8 Å². The van der Waals surface area contributed by atoms with Gasteiger partial charge in [0.15, 0.2) is 5.16 Å². The number of carbonyl (C=O) groups excluding carboxylic acids is 1. The number of thiophene rings is 2. The van der Waals surface area contributed by atoms with Crippen molar-refractivity contribution in [1.82, 2.24) is 14.9 Å². The van der Waals surface area contributed by atoms with Gasteiger partial charge in [0.05, 0.1) is 10.6 Å². The van der Waals surface area contributed by atoms with Crippen LogP contribution < -0.4 is 10.9 Å². The van der Waals surface area contributed by atoms with Crippen LogP contribution in [0, 0.1) is 0 Å². The quantitative estimate of drug-likeness (QED) is 0.420. The number of aromatic nitrogens is 2. The molecule has 1 saturated carbocycles. The molecule has 0 spiro atoms. The zero-order valence-electron chi connectivity index (χ0n) is 16.6. The second-order valence-corrected chi connectivity index (χ2v) is 10.5. The van der Waals surface area contributed by atoms with Gasteiger partial charge in [-0.05, 0) is 38.1 Å². The van der Waals surface area contributed by atoms with Gasteiger partial charge in [0.2, 0.25) is 5.91 Å². The Hall–Kier alpha value is -1.64. The van der Waals surface area contributed by atoms with Crippen molar-refractivity contribution in [2.75, 3.05) is 0 Å². The molecule has 1 fully saturated rings. The Kier molecular flexibility index (Phi) is 6.41. The summed E-state index contributed by atoms with van der Waals surface area (Å²) in [4.78, 5) is 32.5. The summed E-state index contributed by atoms with van der Waals surface area (Å²) in [5.74, 6) is 0.0318. The first-order chi connectivity index (χ1) is 14.1. The SMILES string of the molecule is CCn1c(SC(C)C(=O)NC2CCCCC2)nc2scc(-c3cccs3)c2c1=O. The molecule has 0 bridgehead atoms. The van der Waals surface area contributed by atoms with Crippen LogP contribution in [0.4, 0.5) is 0 Å². The van der Waals surface area contributed by atoms with Crippen LogP contribution in [0.2, 0.25) is 0 Å². The van der Waals surface area contributed by atoms with E-state index in [0.29, 0.717) is 17.1 Å². The van der Waals surface area contributed by atoms with Crippen molar-refractivity contribution < 1.29 is 4.79 Å². The maximum atomic E-state index is 13.2. The molecule has 0 radical (unpaired) electrons. The number of fused-ring (bicyclic) bond motifs is 1. The molecule has 1 aliphatic rings. The summed E-state index contributed by atoms with van der Waals surface area (Å²) in [6, 6.07) is 4.31. The fourth-order valence-electron chi connectivity index (χ4n) is 3.76. The fourth-order valence-corrected chi connectivity index (χ4v) is 6.55. The maximum absolute atomic E-state index is 13.2. The van der Waals surface area contributed by atoms with Crippen molar-refractivity contribution in [2.24, 2.45) is 0 Å². The van der Waals surface area contributed by atoms with Crippen molar-refractivity contribution >= 4 is 50.6 Å². The Morgan fingerprint density at radius 1 is 1.34 bits per heavy atom. The molecule has 3 aromatic heterocycles. The van der Waals surface area contributed by atoms with Crippen LogP contribution in [-0.2, 0) is 11.3 Å². The lowest BCUT2D eigenvalue weighted by Gasteiger charge is -2.24. The normalized spacial score (nSPS) is 16.2. The number of rotatable bonds is 6. The third kappa shape index (κ3) is 4.29. The first-order valence-electron chi connectivity index (χ1n) is 10.1. The largest absolute Gasteiger partial charge is 0.352 e. The highest BCUT2D eigenvalue weighted by Crippen LogP contribution is 2.35. The third-order valence-corrected chi connectivity index (χ3v) is 8.23. The van der Waals surface area contributed by atoms with E-state index in [2.05, 4.69) is 5.32 Å². The Bertz CT molecular complexity index is 1050. The molecule has 1 unspecified atom stereocenters. The van der Waals surface area contributed by atoms with Gasteiger partial charge in [-0.1, -0.05) is 37.1 Å². The van der Waals surface area contributed by atoms with Gasteiger partial charge in [0.25, 0.3) is 5.56 Å². The van der Waals surface area contributed by atoms with Gasteiger partial charge in [-0.2, -0.15) is 0 Å². The predicted octanol–water partition coefficient (Wildman–Crippen LogP) is 5.14. The Balaban J connectivity index is 1.60. The topological polar surface area (TPSA) is 64.0 Å². The van der Waals surface area contributed by atoms with E-state index in [-0.39, 0.29) is 22.8 Å². The van der Waals surface area contributed by atoms with E-state index in [1.165, 1.54) is 42.4 Å². The standard InChI is InChI=1S/C21H25N3O2S3/c1-3-24-20(26)17-15(16-10-7-11-27-16)12-28-19(17)23-21(24)29-13(2)18(25)22-14-8-5-4-6-9-14/h7,10-14H,3-6,8-9H2,1-2H3,(H,22,25). The number of thioether (sulfide) groups is 1. The average Bonchev–Trinajstić information content (AvgIpc) is 3.38. The van der Waals surface area contributed by atoms with Gasteiger partial charge in [0.1, 0.15) is 4.83 Å². The molecule has 1 N–H and O–H groups in total. The first kappa shape index (κ1) is 20.6. The molecule has 154 valence electrons. The summed E-state index contributed by atoms with van der Waals surface area (Å²) in [5, 5.41) is 8.22. The smallest absolute Gasteiger partial charge is 0.263 e. The van der Waals surface area contributed by atoms with E-state index < -0.39 is 0 Å². The number of nitrogens with zero attached hydrogens (tertiary/aromatic N) is 2. The third-order valence-electron chi connectivity index (χ3n) is 5.36. The Morgan fingerprint density at radius 3 is 2.83 bits per heavy atom. The average molecular weight is 448 g/mol. The highest BCUT2D eigenvalue weighted by atomic mass is 32.2. The van der Waals surface area contributed by atoms with Gasteiger partial charge in [0, 0.05) is 28.4 Å². The van der Waals surface area contributed by atoms with E-state index in [9.17, 15) is 9.59 Å². The zero-order valence-corrected chi connectivity index (χ0v) is 19.1. The van der Waals surface area contributed by atoms with Gasteiger partial charge < -0.3 is 5.32 Å². The summed E-state index contributed by atoms with van der Waals surface area (Å²) in [5.41, 5.74) is 0.934. The van der Waals surface area contributed by atoms with Crippen LogP contribution in [0.5, 0.6) is 0 Å². The zero-order chi connectivity index (χ0) is 20.4. The molecule has 0 aliphatic heterocycles. The molecule has 1 atom stereocenters. The summed E-state index contributed by atoms with van der Waals surface area (Å²) in [6.45, 7) is 4.37. The summed E-state index contributed by atoms with van der Waals surface area (Å²) in [7, 11) is 0. The van der Waals surface area contributed by atoms with Crippen LogP contribution in [-0.4, -0.2) is 26.8 Å². The van der Waals surface area contributed by atoms with Gasteiger partial charge in [-0.25, -0.2) is 4.98 Å². The second kappa shape index (κ2) is 9.02. The Labute approximate surface area is 182 Å². The minimum absolute atomic E-state index is 0.0236. The molecule has 3 heterocycles. The molecular formula is C21H25N3O2S3. The minimum Gasteiger partial charge on any atom is -0.352 e. The molecule has 4 rings (SSSR count). The predicted molar refractivity (Wildman–Crippen MR) is 123 cm³/mol. The number of hydrogen-bond acceptors (Lipinski definition) is 6. The number of nitrogens with one attached hydrogen (secondary N) is 1. The molecule has 1 amide bonds. The van der Waals surface area contributed by atoms with Crippen molar-refractivity contribution in [2.45, 2.75) is 68.9 Å². The summed E-state index contributed by atoms with van der Waals surface area (Å²) >= 11 is 4.49. The number of carbonyl (C=O) groups is 1. The van der Waals surface area contributed by atoms with E-state index in [1.807, 2.05) is 36.7 Å². The molecule has 0 saturated heterocycles. The van der Waals surface area contributed by atoms with Crippen molar-refractivity contribution in [1.29, 1.82) is 0 Å². The van der Waals surface area contributed by atoms with Gasteiger partial charge in [-0.15, -0.1) is 22.7 Å². The first-order valence-corrected chi connectivity index (χ1v) is 12.7. The molecule has 0 aromatic carbocycles. The number of amides is 1. The van der Waals surface area contributed by atoms with Crippen molar-refractivity contribution in [3.63, 3.8) is 0 Å². The maximum Gasteiger partial charge on any atom is 0.263 e. The van der Waals surface area contributed by atoms with E-state index in [4.69, 9.17) is 4.98 Å². The molecule has 5 nitrogen and oxygen atoms in total. The second-order valence-electron chi connectivity index (χ2n) is 7.35. The molecule has 8 heteroatoms. The lowest BCUT2D eigenvalue weighted by molar-refractivity contribution is -0.121. The van der Waals surface area contributed by atoms with Crippen LogP contribution in [0.3, 0.4) is 0 Å². The number of hydrogen-bond donors (Lipinski definition) is 1. The van der Waals surface area contributed by atoms with E-state index >= 15 is 0 Å². The molecule has 3 aromatic rings. The minimum atomic E-state index is -0.296. The summed E-state index contributed by atoms with van der Waals surface area (Å²) < 4.78 is 1.70. The highest BCUT2D eigenvalue weighted by Gasteiger charge is 2.23. The van der Waals surface area contributed by atoms with Crippen LogP contribution in [0.25, 0.3) is 20.7 Å². The van der Waals surface area contributed by atoms with Crippen molar-refractivity contribution in [3.8, 4) is 10.4 Å². The van der Waals surface area contributed by atoms with Crippen molar-refractivity contribution in [3.05, 3.63) is 33.2 Å². The van der Waals surface area contributed by atoms with Crippen LogP contribution in [0.1, 0.15) is 46.0 Å². The lowest BCUT2D eigenvalue weighted by atomic mass is 9.95. The van der Waals surface area contributed by atoms with Gasteiger partial charge in [-0.3, -0.25) is 14.2 Å². The molecule has 1 aliphatic carbocycles. The molecule has 29 heavy (non-hydrogen) atoms. The van der Waals surface area contributed by atoms with Gasteiger partial charge >= 0.3 is 0 Å². The van der Waals surface area contributed by atoms with E-state index in [1.54, 1.807) is 15.9 Å². The lowest BCUT2D eigenvalue weighted by Crippen LogP contribution is -2.40. The fraction of sp³-hybridized carbons (Fsp3) is 0.476. The van der Waals surface area contributed by atoms with E-state index in [0.717, 1.165) is 28.1 Å². The van der Waals surface area contributed by atoms with Crippen LogP contribution >= 0.6 is 34.4 Å². The highest BCUT2D eigenvalue weighted by molar-refractivity contribution is 8.00. The molecular weight excluding hydrogens is 422 g/mol.